The predicted molar refractivity (Wildman–Crippen MR) is 117 cm³/mol. The van der Waals surface area contributed by atoms with E-state index in [0.717, 1.165) is 5.69 Å². The van der Waals surface area contributed by atoms with Crippen LogP contribution in [0.2, 0.25) is 0 Å². The van der Waals surface area contributed by atoms with Crippen molar-refractivity contribution in [1.29, 1.82) is 0 Å². The van der Waals surface area contributed by atoms with Crippen LogP contribution in [-0.2, 0) is 14.8 Å². The first-order chi connectivity index (χ1) is 14.4. The van der Waals surface area contributed by atoms with Gasteiger partial charge in [0.25, 0.3) is 5.91 Å². The van der Waals surface area contributed by atoms with Gasteiger partial charge in [-0.3, -0.25) is 4.79 Å². The van der Waals surface area contributed by atoms with E-state index in [2.05, 4.69) is 15.1 Å². The summed E-state index contributed by atoms with van der Waals surface area (Å²) in [5.41, 5.74) is 2.17. The van der Waals surface area contributed by atoms with Crippen molar-refractivity contribution in [3.05, 3.63) is 60.3 Å². The van der Waals surface area contributed by atoms with E-state index < -0.39 is 10.0 Å². The summed E-state index contributed by atoms with van der Waals surface area (Å²) in [7, 11) is -3.56. The third kappa shape index (κ3) is 4.52. The lowest BCUT2D eigenvalue weighted by atomic mass is 10.2. The second-order valence-electron chi connectivity index (χ2n) is 6.43. The molecule has 1 amide bonds. The highest BCUT2D eigenvalue weighted by Gasteiger charge is 2.29. The van der Waals surface area contributed by atoms with E-state index in [1.54, 1.807) is 32.2 Å². The standard InChI is InChI=1S/C21H24N4O4S/c1-4-23-30(27,28)17-12-10-16(11-13-17)25-21(26)18(15(3)24-25)14-22-19-8-6-7-9-20(19)29-5-2/h6-14,22-23H,4-5H2,1-3H3. The molecule has 1 heterocycles. The van der Waals surface area contributed by atoms with Gasteiger partial charge in [-0.05, 0) is 50.2 Å². The lowest BCUT2D eigenvalue weighted by molar-refractivity contribution is -0.114. The summed E-state index contributed by atoms with van der Waals surface area (Å²) < 4.78 is 32.2. The molecule has 2 aromatic rings. The maximum atomic E-state index is 12.9. The molecule has 0 unspecified atom stereocenters. The Morgan fingerprint density at radius 2 is 1.80 bits per heavy atom. The van der Waals surface area contributed by atoms with E-state index in [4.69, 9.17) is 4.74 Å². The van der Waals surface area contributed by atoms with E-state index in [1.807, 2.05) is 31.2 Å². The van der Waals surface area contributed by atoms with Crippen LogP contribution in [0.25, 0.3) is 0 Å². The first-order valence-corrected chi connectivity index (χ1v) is 11.0. The van der Waals surface area contributed by atoms with Crippen molar-refractivity contribution in [2.75, 3.05) is 23.5 Å². The largest absolute Gasteiger partial charge is 0.492 e. The summed E-state index contributed by atoms with van der Waals surface area (Å²) in [5.74, 6) is 0.377. The summed E-state index contributed by atoms with van der Waals surface area (Å²) in [5, 5.41) is 8.68. The number of amides is 1. The lowest BCUT2D eigenvalue weighted by Gasteiger charge is -2.13. The Morgan fingerprint density at radius 1 is 1.10 bits per heavy atom. The number of para-hydroxylation sites is 2. The van der Waals surface area contributed by atoms with Gasteiger partial charge < -0.3 is 10.1 Å². The number of carbonyl (C=O) groups excluding carboxylic acids is 1. The van der Waals surface area contributed by atoms with Crippen LogP contribution in [0.5, 0.6) is 5.75 Å². The second kappa shape index (κ2) is 9.10. The van der Waals surface area contributed by atoms with Crippen LogP contribution in [0.1, 0.15) is 20.8 Å². The Kier molecular flexibility index (Phi) is 6.53. The Morgan fingerprint density at radius 3 is 2.47 bits per heavy atom. The fourth-order valence-electron chi connectivity index (χ4n) is 2.92. The molecule has 158 valence electrons. The van der Waals surface area contributed by atoms with Gasteiger partial charge in [-0.1, -0.05) is 19.1 Å². The van der Waals surface area contributed by atoms with E-state index in [9.17, 15) is 13.2 Å². The molecular weight excluding hydrogens is 404 g/mol. The Bertz CT molecular complexity index is 1090. The van der Waals surface area contributed by atoms with Crippen LogP contribution in [0, 0.1) is 0 Å². The van der Waals surface area contributed by atoms with E-state index in [0.29, 0.717) is 35.9 Å². The molecule has 0 saturated carbocycles. The summed E-state index contributed by atoms with van der Waals surface area (Å²) in [6.07, 6.45) is 1.60. The third-order valence-electron chi connectivity index (χ3n) is 4.35. The maximum absolute atomic E-state index is 12.9. The van der Waals surface area contributed by atoms with Gasteiger partial charge in [-0.2, -0.15) is 10.1 Å². The van der Waals surface area contributed by atoms with Crippen molar-refractivity contribution in [2.45, 2.75) is 25.7 Å². The molecule has 0 fully saturated rings. The molecule has 1 aliphatic heterocycles. The quantitative estimate of drug-likeness (QED) is 0.630. The van der Waals surface area contributed by atoms with Crippen molar-refractivity contribution in [2.24, 2.45) is 5.10 Å². The minimum absolute atomic E-state index is 0.130. The van der Waals surface area contributed by atoms with Gasteiger partial charge in [0, 0.05) is 12.7 Å². The highest BCUT2D eigenvalue weighted by molar-refractivity contribution is 7.89. The normalized spacial score (nSPS) is 15.4. The highest BCUT2D eigenvalue weighted by Crippen LogP contribution is 2.27. The van der Waals surface area contributed by atoms with Crippen molar-refractivity contribution in [1.82, 2.24) is 4.72 Å². The predicted octanol–water partition coefficient (Wildman–Crippen LogP) is 3.10. The van der Waals surface area contributed by atoms with Gasteiger partial charge in [-0.15, -0.1) is 0 Å². The molecular formula is C21H24N4O4S. The Balaban J connectivity index is 1.80. The van der Waals surface area contributed by atoms with Crippen molar-refractivity contribution < 1.29 is 17.9 Å². The van der Waals surface area contributed by atoms with Crippen LogP contribution in [0.4, 0.5) is 11.4 Å². The smallest absolute Gasteiger partial charge is 0.282 e. The Hall–Kier alpha value is -3.17. The van der Waals surface area contributed by atoms with Gasteiger partial charge in [0.15, 0.2) is 0 Å². The van der Waals surface area contributed by atoms with Gasteiger partial charge in [0.1, 0.15) is 5.75 Å². The van der Waals surface area contributed by atoms with E-state index >= 15 is 0 Å². The minimum Gasteiger partial charge on any atom is -0.492 e. The molecule has 0 aliphatic carbocycles. The van der Waals surface area contributed by atoms with E-state index in [1.165, 1.54) is 17.1 Å². The van der Waals surface area contributed by atoms with Gasteiger partial charge in [-0.25, -0.2) is 13.1 Å². The summed E-state index contributed by atoms with van der Waals surface area (Å²) in [4.78, 5) is 13.0. The summed E-state index contributed by atoms with van der Waals surface area (Å²) in [6, 6.07) is 13.5. The van der Waals surface area contributed by atoms with Gasteiger partial charge in [0.05, 0.1) is 34.2 Å². The number of ether oxygens (including phenoxy) is 1. The summed E-state index contributed by atoms with van der Waals surface area (Å²) in [6.45, 7) is 6.18. The first kappa shape index (κ1) is 21.5. The third-order valence-corrected chi connectivity index (χ3v) is 5.91. The number of nitrogens with one attached hydrogen (secondary N) is 2. The molecule has 0 saturated heterocycles. The SMILES string of the molecule is CCNS(=O)(=O)c1ccc(N2N=C(C)C(=CNc3ccccc3OCC)C2=O)cc1. The molecule has 8 nitrogen and oxygen atoms in total. The molecule has 0 spiro atoms. The molecule has 0 bridgehead atoms. The Labute approximate surface area is 176 Å². The van der Waals surface area contributed by atoms with E-state index in [-0.39, 0.29) is 10.8 Å². The van der Waals surface area contributed by atoms with Crippen molar-refractivity contribution in [3.8, 4) is 5.75 Å². The number of carbonyl (C=O) groups is 1. The fraction of sp³-hybridized carbons (Fsp3) is 0.238. The van der Waals surface area contributed by atoms with Crippen LogP contribution >= 0.6 is 0 Å². The average molecular weight is 429 g/mol. The van der Waals surface area contributed by atoms with Gasteiger partial charge in [0.2, 0.25) is 10.0 Å². The second-order valence-corrected chi connectivity index (χ2v) is 8.20. The number of anilines is 2. The van der Waals surface area contributed by atoms with Crippen LogP contribution in [0.15, 0.2) is 70.3 Å². The first-order valence-electron chi connectivity index (χ1n) is 9.55. The molecule has 9 heteroatoms. The number of hydrazone groups is 1. The zero-order valence-electron chi connectivity index (χ0n) is 17.0. The topological polar surface area (TPSA) is 100 Å². The number of hydrogen-bond donors (Lipinski definition) is 2. The van der Waals surface area contributed by atoms with Crippen LogP contribution in [0.3, 0.4) is 0 Å². The number of hydrogen-bond acceptors (Lipinski definition) is 6. The molecule has 0 radical (unpaired) electrons. The lowest BCUT2D eigenvalue weighted by Crippen LogP contribution is -2.24. The van der Waals surface area contributed by atoms with Crippen LogP contribution < -0.4 is 19.8 Å². The number of sulfonamides is 1. The fourth-order valence-corrected chi connectivity index (χ4v) is 3.96. The average Bonchev–Trinajstić information content (AvgIpc) is 3.01. The minimum atomic E-state index is -3.56. The highest BCUT2D eigenvalue weighted by atomic mass is 32.2. The van der Waals surface area contributed by atoms with Crippen molar-refractivity contribution >= 4 is 33.0 Å². The van der Waals surface area contributed by atoms with Crippen LogP contribution in [-0.4, -0.2) is 33.2 Å². The molecule has 0 aromatic heterocycles. The number of nitrogens with zero attached hydrogens (tertiary/aromatic N) is 2. The monoisotopic (exact) mass is 428 g/mol. The molecule has 3 rings (SSSR count). The zero-order valence-corrected chi connectivity index (χ0v) is 17.9. The van der Waals surface area contributed by atoms with Crippen molar-refractivity contribution in [3.63, 3.8) is 0 Å². The maximum Gasteiger partial charge on any atom is 0.282 e. The zero-order chi connectivity index (χ0) is 21.7. The number of rotatable bonds is 8. The summed E-state index contributed by atoms with van der Waals surface area (Å²) >= 11 is 0. The molecule has 2 N–H and O–H groups in total. The molecule has 2 aromatic carbocycles. The number of benzene rings is 2. The molecule has 0 atom stereocenters. The molecule has 1 aliphatic rings. The van der Waals surface area contributed by atoms with Gasteiger partial charge >= 0.3 is 0 Å². The molecule has 30 heavy (non-hydrogen) atoms.